The molecule has 2 heterocycles. The predicted molar refractivity (Wildman–Crippen MR) is 218 cm³/mol. The van der Waals surface area contributed by atoms with Gasteiger partial charge in [0.05, 0.1) is 0 Å². The van der Waals surface area contributed by atoms with Crippen LogP contribution in [-0.2, 0) is 18.3 Å². The zero-order valence-electron chi connectivity index (χ0n) is 29.6. The summed E-state index contributed by atoms with van der Waals surface area (Å²) in [4.78, 5) is 5.04. The minimum Gasteiger partial charge on any atom is -0.311 e. The monoisotopic (exact) mass is 656 g/mol. The van der Waals surface area contributed by atoms with Gasteiger partial charge < -0.3 is 9.80 Å². The predicted octanol–water partition coefficient (Wildman–Crippen LogP) is 10.2. The molecule has 51 heavy (non-hydrogen) atoms. The first-order valence-corrected chi connectivity index (χ1v) is 18.1. The molecule has 2 nitrogen and oxygen atoms in total. The van der Waals surface area contributed by atoms with Crippen LogP contribution in [0.1, 0.15) is 48.6 Å². The molecule has 7 aromatic carbocycles. The van der Waals surface area contributed by atoms with Gasteiger partial charge in [-0.1, -0.05) is 142 Å². The summed E-state index contributed by atoms with van der Waals surface area (Å²) in [5, 5.41) is 0. The lowest BCUT2D eigenvalue weighted by molar-refractivity contribution is 0.590. The van der Waals surface area contributed by atoms with Gasteiger partial charge in [-0.05, 0) is 111 Å². The maximum absolute atomic E-state index is 2.52. The van der Waals surface area contributed by atoms with E-state index in [0.29, 0.717) is 0 Å². The number of hydrogen-bond donors (Lipinski definition) is 0. The molecule has 0 spiro atoms. The van der Waals surface area contributed by atoms with Crippen LogP contribution in [0, 0.1) is 0 Å². The lowest BCUT2D eigenvalue weighted by atomic mass is 9.33. The third kappa shape index (κ3) is 5.64. The average Bonchev–Trinajstić information content (AvgIpc) is 3.16. The van der Waals surface area contributed by atoms with Crippen molar-refractivity contribution in [3.05, 3.63) is 198 Å². The van der Waals surface area contributed by atoms with Crippen molar-refractivity contribution < 1.29 is 0 Å². The molecule has 0 amide bonds. The Morgan fingerprint density at radius 2 is 0.804 bits per heavy atom. The van der Waals surface area contributed by atoms with Crippen molar-refractivity contribution >= 4 is 57.2 Å². The summed E-state index contributed by atoms with van der Waals surface area (Å²) < 4.78 is 0. The molecule has 0 saturated carbocycles. The van der Waals surface area contributed by atoms with E-state index in [1.54, 1.807) is 0 Å². The Morgan fingerprint density at radius 1 is 0.412 bits per heavy atom. The Kier molecular flexibility index (Phi) is 7.66. The SMILES string of the molecule is CC(C)(C)c1cc2c3c(c1)N(c1ccccc1)c1ccc(Cc4ccccc4)cc1B3c1cc(Cc3ccccc3)ccc1N2c1ccccc1. The number of nitrogens with zero attached hydrogens (tertiary/aromatic N) is 2. The Labute approximate surface area is 302 Å². The number of fused-ring (bicyclic) bond motifs is 4. The standard InChI is InChI=1S/C48H41BN2/c1-48(2,3)38-32-45-47-46(33-38)51(40-22-14-7-15-23-40)44-27-25-37(29-35-18-10-5-11-19-35)31-42(44)49(47)41-30-36(28-34-16-8-4-9-17-34)24-26-43(41)50(45)39-20-12-6-13-21-39/h4-27,30-33H,28-29H2,1-3H3. The molecule has 0 unspecified atom stereocenters. The van der Waals surface area contributed by atoms with Crippen LogP contribution in [-0.4, -0.2) is 6.71 Å². The molecule has 0 radical (unpaired) electrons. The highest BCUT2D eigenvalue weighted by atomic mass is 15.2. The fraction of sp³-hybridized carbons (Fsp3) is 0.125. The van der Waals surface area contributed by atoms with Crippen LogP contribution in [0.3, 0.4) is 0 Å². The molecule has 0 saturated heterocycles. The fourth-order valence-corrected chi connectivity index (χ4v) is 8.13. The number of hydrogen-bond acceptors (Lipinski definition) is 2. The van der Waals surface area contributed by atoms with Gasteiger partial charge in [0.25, 0.3) is 6.71 Å². The first kappa shape index (κ1) is 31.2. The summed E-state index contributed by atoms with van der Waals surface area (Å²) in [5.41, 5.74) is 18.0. The second-order valence-electron chi connectivity index (χ2n) is 15.1. The van der Waals surface area contributed by atoms with Gasteiger partial charge in [-0.3, -0.25) is 0 Å². The smallest absolute Gasteiger partial charge is 0.252 e. The summed E-state index contributed by atoms with van der Waals surface area (Å²) in [5.74, 6) is 0. The average molecular weight is 657 g/mol. The van der Waals surface area contributed by atoms with Crippen LogP contribution in [0.5, 0.6) is 0 Å². The number of rotatable bonds is 6. The summed E-state index contributed by atoms with van der Waals surface area (Å²) >= 11 is 0. The molecule has 0 aromatic heterocycles. The minimum atomic E-state index is -0.0502. The first-order chi connectivity index (χ1) is 24.9. The highest BCUT2D eigenvalue weighted by molar-refractivity contribution is 7.00. The van der Waals surface area contributed by atoms with E-state index >= 15 is 0 Å². The molecule has 9 rings (SSSR count). The highest BCUT2D eigenvalue weighted by Crippen LogP contribution is 2.46. The van der Waals surface area contributed by atoms with E-state index in [2.05, 4.69) is 200 Å². The Balaban J connectivity index is 1.35. The molecular weight excluding hydrogens is 615 g/mol. The Bertz CT molecular complexity index is 2190. The van der Waals surface area contributed by atoms with Crippen LogP contribution in [0.4, 0.5) is 34.1 Å². The second kappa shape index (κ2) is 12.5. The number of anilines is 6. The van der Waals surface area contributed by atoms with E-state index in [4.69, 9.17) is 0 Å². The summed E-state index contributed by atoms with van der Waals surface area (Å²) in [7, 11) is 0. The molecule has 0 aliphatic carbocycles. The molecule has 7 aromatic rings. The fourth-order valence-electron chi connectivity index (χ4n) is 8.13. The summed E-state index contributed by atoms with van der Waals surface area (Å²) in [6.07, 6.45) is 1.79. The third-order valence-electron chi connectivity index (χ3n) is 10.6. The lowest BCUT2D eigenvalue weighted by Gasteiger charge is -2.45. The van der Waals surface area contributed by atoms with Gasteiger partial charge in [0.2, 0.25) is 0 Å². The van der Waals surface area contributed by atoms with Crippen molar-refractivity contribution in [3.63, 3.8) is 0 Å². The van der Waals surface area contributed by atoms with Gasteiger partial charge in [-0.2, -0.15) is 0 Å². The first-order valence-electron chi connectivity index (χ1n) is 18.1. The number of para-hydroxylation sites is 2. The van der Waals surface area contributed by atoms with E-state index in [-0.39, 0.29) is 12.1 Å². The van der Waals surface area contributed by atoms with Gasteiger partial charge in [0.1, 0.15) is 0 Å². The van der Waals surface area contributed by atoms with Gasteiger partial charge in [0.15, 0.2) is 0 Å². The second-order valence-corrected chi connectivity index (χ2v) is 15.1. The number of benzene rings is 7. The lowest BCUT2D eigenvalue weighted by Crippen LogP contribution is -2.61. The van der Waals surface area contributed by atoms with E-state index in [1.165, 1.54) is 78.3 Å². The van der Waals surface area contributed by atoms with Crippen LogP contribution in [0.2, 0.25) is 0 Å². The normalized spacial score (nSPS) is 13.0. The van der Waals surface area contributed by atoms with Crippen LogP contribution in [0.25, 0.3) is 0 Å². The van der Waals surface area contributed by atoms with Crippen molar-refractivity contribution in [3.8, 4) is 0 Å². The third-order valence-corrected chi connectivity index (χ3v) is 10.6. The topological polar surface area (TPSA) is 6.48 Å². The highest BCUT2D eigenvalue weighted by Gasteiger charge is 2.44. The van der Waals surface area contributed by atoms with E-state index in [9.17, 15) is 0 Å². The zero-order chi connectivity index (χ0) is 34.5. The van der Waals surface area contributed by atoms with Crippen molar-refractivity contribution in [1.29, 1.82) is 0 Å². The van der Waals surface area contributed by atoms with Gasteiger partial charge in [-0.25, -0.2) is 0 Å². The van der Waals surface area contributed by atoms with Gasteiger partial charge >= 0.3 is 0 Å². The van der Waals surface area contributed by atoms with Crippen LogP contribution in [0.15, 0.2) is 170 Å². The zero-order valence-corrected chi connectivity index (χ0v) is 29.6. The molecular formula is C48H41BN2. The quantitative estimate of drug-likeness (QED) is 0.164. The van der Waals surface area contributed by atoms with Crippen LogP contribution >= 0.6 is 0 Å². The molecule has 2 aliphatic heterocycles. The molecule has 3 heteroatoms. The van der Waals surface area contributed by atoms with E-state index < -0.39 is 0 Å². The van der Waals surface area contributed by atoms with Crippen LogP contribution < -0.4 is 26.2 Å². The van der Waals surface area contributed by atoms with Crippen molar-refractivity contribution in [2.45, 2.75) is 39.0 Å². The molecule has 0 N–H and O–H groups in total. The van der Waals surface area contributed by atoms with Crippen molar-refractivity contribution in [2.75, 3.05) is 9.80 Å². The van der Waals surface area contributed by atoms with Gasteiger partial charge in [-0.15, -0.1) is 0 Å². The Morgan fingerprint density at radius 3 is 1.20 bits per heavy atom. The largest absolute Gasteiger partial charge is 0.311 e. The van der Waals surface area contributed by atoms with Crippen molar-refractivity contribution in [2.24, 2.45) is 0 Å². The molecule has 0 fully saturated rings. The molecule has 2 aliphatic rings. The molecule has 0 bridgehead atoms. The minimum absolute atomic E-state index is 0.0502. The van der Waals surface area contributed by atoms with Crippen molar-refractivity contribution in [1.82, 2.24) is 0 Å². The summed E-state index contributed by atoms with van der Waals surface area (Å²) in [6, 6.07) is 63.0. The van der Waals surface area contributed by atoms with Gasteiger partial charge in [0, 0.05) is 34.1 Å². The summed E-state index contributed by atoms with van der Waals surface area (Å²) in [6.45, 7) is 7.06. The maximum Gasteiger partial charge on any atom is 0.252 e. The molecule has 0 atom stereocenters. The Hall–Kier alpha value is -5.80. The van der Waals surface area contributed by atoms with E-state index in [1.807, 2.05) is 0 Å². The van der Waals surface area contributed by atoms with E-state index in [0.717, 1.165) is 12.8 Å². The molecule has 246 valence electrons. The maximum atomic E-state index is 2.52.